The van der Waals surface area contributed by atoms with Crippen molar-refractivity contribution in [2.75, 3.05) is 26.7 Å². The third kappa shape index (κ3) is 3.28. The summed E-state index contributed by atoms with van der Waals surface area (Å²) in [7, 11) is 2.29. The molecule has 3 nitrogen and oxygen atoms in total. The summed E-state index contributed by atoms with van der Waals surface area (Å²) < 4.78 is 0. The van der Waals surface area contributed by atoms with Gasteiger partial charge in [0.1, 0.15) is 0 Å². The Labute approximate surface area is 133 Å². The molecular weight excluding hydrogens is 278 g/mol. The van der Waals surface area contributed by atoms with E-state index in [-0.39, 0.29) is 5.92 Å². The minimum absolute atomic E-state index is 0.170. The van der Waals surface area contributed by atoms with Crippen LogP contribution < -0.4 is 5.73 Å². The van der Waals surface area contributed by atoms with Crippen LogP contribution >= 0.6 is 12.2 Å². The third-order valence-electron chi connectivity index (χ3n) is 5.22. The molecule has 3 rings (SSSR count). The number of likely N-dealkylation sites (tertiary alicyclic amines) is 1. The Morgan fingerprint density at radius 2 is 1.95 bits per heavy atom. The highest BCUT2D eigenvalue weighted by atomic mass is 32.1. The smallest absolute Gasteiger partial charge is 0.0816 e. The molecule has 2 saturated heterocycles. The molecule has 2 aliphatic rings. The van der Waals surface area contributed by atoms with Crippen LogP contribution in [0.15, 0.2) is 30.3 Å². The predicted molar refractivity (Wildman–Crippen MR) is 91.6 cm³/mol. The van der Waals surface area contributed by atoms with Gasteiger partial charge in [0.15, 0.2) is 0 Å². The summed E-state index contributed by atoms with van der Waals surface area (Å²) in [6.07, 6.45) is 3.97. The highest BCUT2D eigenvalue weighted by molar-refractivity contribution is 7.80. The Bertz CT molecular complexity index is 490. The zero-order valence-electron chi connectivity index (χ0n) is 12.7. The first-order chi connectivity index (χ1) is 10.1. The van der Waals surface area contributed by atoms with Gasteiger partial charge in [-0.25, -0.2) is 0 Å². The average Bonchev–Trinajstić information content (AvgIpc) is 2.72. The molecule has 2 bridgehead atoms. The quantitative estimate of drug-likeness (QED) is 0.865. The predicted octanol–water partition coefficient (Wildman–Crippen LogP) is 2.22. The van der Waals surface area contributed by atoms with Crippen LogP contribution in [0.4, 0.5) is 0 Å². The standard InChI is InChI=1S/C17H25N3S/c1-19-14-7-8-15(19)11-20(10-9-14)12-16(17(18)21)13-5-3-2-4-6-13/h2-6,14-16H,7-12H2,1H3,(H2,18,21). The SMILES string of the molecule is CN1C2CCC1CN(CC(C(N)=S)c1ccccc1)CC2. The van der Waals surface area contributed by atoms with E-state index >= 15 is 0 Å². The van der Waals surface area contributed by atoms with E-state index in [1.54, 1.807) is 0 Å². The average molecular weight is 303 g/mol. The first-order valence-corrected chi connectivity index (χ1v) is 8.34. The molecule has 1 aromatic rings. The molecule has 2 N–H and O–H groups in total. The Morgan fingerprint density at radius 3 is 2.67 bits per heavy atom. The number of likely N-dealkylation sites (N-methyl/N-ethyl adjacent to an activating group) is 1. The van der Waals surface area contributed by atoms with E-state index in [0.717, 1.165) is 25.7 Å². The van der Waals surface area contributed by atoms with Crippen LogP contribution in [0.5, 0.6) is 0 Å². The van der Waals surface area contributed by atoms with Crippen molar-refractivity contribution in [2.24, 2.45) is 5.73 Å². The van der Waals surface area contributed by atoms with Crippen LogP contribution in [0.3, 0.4) is 0 Å². The van der Waals surface area contributed by atoms with E-state index in [1.165, 1.54) is 24.8 Å². The zero-order chi connectivity index (χ0) is 14.8. The van der Waals surface area contributed by atoms with Gasteiger partial charge in [0.25, 0.3) is 0 Å². The van der Waals surface area contributed by atoms with Crippen molar-refractivity contribution >= 4 is 17.2 Å². The van der Waals surface area contributed by atoms with E-state index < -0.39 is 0 Å². The van der Waals surface area contributed by atoms with Gasteiger partial charge in [-0.3, -0.25) is 4.90 Å². The van der Waals surface area contributed by atoms with Crippen molar-refractivity contribution in [3.63, 3.8) is 0 Å². The van der Waals surface area contributed by atoms with Gasteiger partial charge < -0.3 is 10.6 Å². The van der Waals surface area contributed by atoms with Crippen LogP contribution in [0.25, 0.3) is 0 Å². The fourth-order valence-electron chi connectivity index (χ4n) is 3.85. The normalized spacial score (nSPS) is 28.2. The van der Waals surface area contributed by atoms with Crippen molar-refractivity contribution in [3.05, 3.63) is 35.9 Å². The van der Waals surface area contributed by atoms with E-state index in [9.17, 15) is 0 Å². The molecule has 0 aromatic heterocycles. The molecule has 0 amide bonds. The molecule has 2 fully saturated rings. The molecule has 114 valence electrons. The van der Waals surface area contributed by atoms with E-state index in [0.29, 0.717) is 11.0 Å². The van der Waals surface area contributed by atoms with Crippen molar-refractivity contribution in [1.82, 2.24) is 9.80 Å². The number of rotatable bonds is 4. The lowest BCUT2D eigenvalue weighted by Crippen LogP contribution is -2.40. The summed E-state index contributed by atoms with van der Waals surface area (Å²) in [5.41, 5.74) is 7.27. The maximum atomic E-state index is 6.02. The van der Waals surface area contributed by atoms with Crippen molar-refractivity contribution in [3.8, 4) is 0 Å². The van der Waals surface area contributed by atoms with E-state index in [2.05, 4.69) is 41.1 Å². The Kier molecular flexibility index (Phi) is 4.57. The van der Waals surface area contributed by atoms with Crippen molar-refractivity contribution < 1.29 is 0 Å². The van der Waals surface area contributed by atoms with Crippen LogP contribution in [0.2, 0.25) is 0 Å². The highest BCUT2D eigenvalue weighted by Crippen LogP contribution is 2.29. The topological polar surface area (TPSA) is 32.5 Å². The summed E-state index contributed by atoms with van der Waals surface area (Å²) in [5.74, 6) is 0.170. The number of benzene rings is 1. The molecule has 1 aromatic carbocycles. The van der Waals surface area contributed by atoms with Gasteiger partial charge in [-0.15, -0.1) is 0 Å². The van der Waals surface area contributed by atoms with Gasteiger partial charge in [-0.2, -0.15) is 0 Å². The fraction of sp³-hybridized carbons (Fsp3) is 0.588. The minimum Gasteiger partial charge on any atom is -0.393 e. The van der Waals surface area contributed by atoms with Crippen LogP contribution in [0, 0.1) is 0 Å². The molecule has 2 aliphatic heterocycles. The van der Waals surface area contributed by atoms with Crippen molar-refractivity contribution in [2.45, 2.75) is 37.3 Å². The van der Waals surface area contributed by atoms with Gasteiger partial charge in [0.05, 0.1) is 4.99 Å². The summed E-state index contributed by atoms with van der Waals surface area (Å²) in [5, 5.41) is 0. The number of thiocarbonyl (C=S) groups is 1. The zero-order valence-corrected chi connectivity index (χ0v) is 13.6. The molecule has 0 saturated carbocycles. The number of hydrogen-bond acceptors (Lipinski definition) is 3. The van der Waals surface area contributed by atoms with Gasteiger partial charge in [0.2, 0.25) is 0 Å². The molecule has 0 radical (unpaired) electrons. The van der Waals surface area contributed by atoms with Crippen LogP contribution in [-0.4, -0.2) is 53.6 Å². The summed E-state index contributed by atoms with van der Waals surface area (Å²) in [4.78, 5) is 5.76. The molecule has 2 heterocycles. The van der Waals surface area contributed by atoms with Gasteiger partial charge in [0, 0.05) is 31.1 Å². The lowest BCUT2D eigenvalue weighted by Gasteiger charge is -2.29. The minimum atomic E-state index is 0.170. The second-order valence-electron chi connectivity index (χ2n) is 6.46. The monoisotopic (exact) mass is 303 g/mol. The van der Waals surface area contributed by atoms with Crippen LogP contribution in [0.1, 0.15) is 30.7 Å². The summed E-state index contributed by atoms with van der Waals surface area (Å²) in [6.45, 7) is 3.27. The summed E-state index contributed by atoms with van der Waals surface area (Å²) >= 11 is 5.33. The maximum Gasteiger partial charge on any atom is 0.0816 e. The molecule has 4 heteroatoms. The van der Waals surface area contributed by atoms with Gasteiger partial charge in [-0.1, -0.05) is 42.5 Å². The molecule has 0 aliphatic carbocycles. The van der Waals surface area contributed by atoms with E-state index in [4.69, 9.17) is 18.0 Å². The Hall–Kier alpha value is -0.970. The number of fused-ring (bicyclic) bond motifs is 2. The molecule has 3 unspecified atom stereocenters. The number of hydrogen-bond donors (Lipinski definition) is 1. The second-order valence-corrected chi connectivity index (χ2v) is 6.94. The fourth-order valence-corrected chi connectivity index (χ4v) is 4.06. The van der Waals surface area contributed by atoms with Gasteiger partial charge in [-0.05, 0) is 38.4 Å². The van der Waals surface area contributed by atoms with Crippen molar-refractivity contribution in [1.29, 1.82) is 0 Å². The molecular formula is C17H25N3S. The lowest BCUT2D eigenvalue weighted by molar-refractivity contribution is 0.218. The molecule has 21 heavy (non-hydrogen) atoms. The third-order valence-corrected chi connectivity index (χ3v) is 5.50. The maximum absolute atomic E-state index is 6.02. The van der Waals surface area contributed by atoms with Gasteiger partial charge >= 0.3 is 0 Å². The Balaban J connectivity index is 1.70. The summed E-state index contributed by atoms with van der Waals surface area (Å²) in [6, 6.07) is 11.9. The molecule has 0 spiro atoms. The lowest BCUT2D eigenvalue weighted by atomic mass is 9.97. The molecule has 3 atom stereocenters. The first kappa shape index (κ1) is 14.9. The first-order valence-electron chi connectivity index (χ1n) is 7.93. The number of nitrogens with two attached hydrogens (primary N) is 1. The number of nitrogens with zero attached hydrogens (tertiary/aromatic N) is 2. The highest BCUT2D eigenvalue weighted by Gasteiger charge is 2.35. The van der Waals surface area contributed by atoms with Crippen LogP contribution in [-0.2, 0) is 0 Å². The second kappa shape index (κ2) is 6.42. The largest absolute Gasteiger partial charge is 0.393 e. The van der Waals surface area contributed by atoms with E-state index in [1.807, 2.05) is 6.07 Å². The Morgan fingerprint density at radius 1 is 1.24 bits per heavy atom.